The van der Waals surface area contributed by atoms with Crippen LogP contribution in [0.4, 0.5) is 18.9 Å². The molecule has 0 aliphatic heterocycles. The molecule has 0 spiro atoms. The van der Waals surface area contributed by atoms with Crippen LogP contribution in [0.15, 0.2) is 12.1 Å². The Labute approximate surface area is 93.4 Å². The minimum atomic E-state index is -4.88. The Morgan fingerprint density at radius 3 is 2.41 bits per heavy atom. The van der Waals surface area contributed by atoms with Gasteiger partial charge in [0.1, 0.15) is 5.56 Å². The van der Waals surface area contributed by atoms with Gasteiger partial charge >= 0.3 is 6.18 Å². The molecule has 0 atom stereocenters. The number of hydrogen-bond donors (Lipinski definition) is 1. The average Bonchev–Trinajstić information content (AvgIpc) is 2.25. The van der Waals surface area contributed by atoms with E-state index in [0.717, 1.165) is 6.07 Å². The monoisotopic (exact) mass is 245 g/mol. The zero-order valence-corrected chi connectivity index (χ0v) is 8.28. The number of nitrogens with two attached hydrogens (primary N) is 1. The molecule has 5 nitrogen and oxygen atoms in total. The van der Waals surface area contributed by atoms with E-state index in [1.165, 1.54) is 0 Å². The summed E-state index contributed by atoms with van der Waals surface area (Å²) in [7, 11) is 0. The number of alkyl halides is 3. The summed E-state index contributed by atoms with van der Waals surface area (Å²) >= 11 is 0. The van der Waals surface area contributed by atoms with Gasteiger partial charge in [-0.3, -0.25) is 10.1 Å². The van der Waals surface area contributed by atoms with Gasteiger partial charge in [0.05, 0.1) is 16.6 Å². The van der Waals surface area contributed by atoms with Crippen LogP contribution in [0.5, 0.6) is 0 Å². The molecule has 90 valence electrons. The molecule has 0 bridgehead atoms. The second-order valence-corrected chi connectivity index (χ2v) is 3.10. The molecule has 0 amide bonds. The van der Waals surface area contributed by atoms with Crippen LogP contribution in [0.2, 0.25) is 0 Å². The molecule has 0 fully saturated rings. The van der Waals surface area contributed by atoms with Crippen LogP contribution in [0, 0.1) is 21.4 Å². The second kappa shape index (κ2) is 4.39. The second-order valence-electron chi connectivity index (χ2n) is 3.10. The van der Waals surface area contributed by atoms with Crippen molar-refractivity contribution in [1.29, 1.82) is 5.26 Å². The number of benzene rings is 1. The zero-order chi connectivity index (χ0) is 13.2. The summed E-state index contributed by atoms with van der Waals surface area (Å²) in [6, 6.07) is 3.03. The SMILES string of the molecule is N#Cc1cc(CN)c(C(F)(F)F)c([N+](=O)[O-])c1. The molecule has 8 heteroatoms. The molecule has 0 aliphatic carbocycles. The van der Waals surface area contributed by atoms with Crippen molar-refractivity contribution in [2.24, 2.45) is 5.73 Å². The maximum atomic E-state index is 12.6. The lowest BCUT2D eigenvalue weighted by Crippen LogP contribution is -2.15. The smallest absolute Gasteiger partial charge is 0.326 e. The van der Waals surface area contributed by atoms with Gasteiger partial charge < -0.3 is 5.73 Å². The van der Waals surface area contributed by atoms with Crippen molar-refractivity contribution in [2.75, 3.05) is 0 Å². The van der Waals surface area contributed by atoms with Gasteiger partial charge in [-0.1, -0.05) is 0 Å². The molecule has 1 aromatic carbocycles. The summed E-state index contributed by atoms with van der Waals surface area (Å²) in [6.07, 6.45) is -4.88. The number of hydrogen-bond acceptors (Lipinski definition) is 4. The van der Waals surface area contributed by atoms with Gasteiger partial charge in [0, 0.05) is 12.6 Å². The average molecular weight is 245 g/mol. The van der Waals surface area contributed by atoms with Gasteiger partial charge in [-0.05, 0) is 11.6 Å². The molecule has 0 unspecified atom stereocenters. The minimum Gasteiger partial charge on any atom is -0.326 e. The van der Waals surface area contributed by atoms with E-state index >= 15 is 0 Å². The number of nitro benzene ring substituents is 1. The molecule has 1 rings (SSSR count). The molecule has 0 heterocycles. The number of nitriles is 1. The largest absolute Gasteiger partial charge is 0.423 e. The Hall–Kier alpha value is -2.14. The molecule has 0 saturated carbocycles. The van der Waals surface area contributed by atoms with E-state index in [0.29, 0.717) is 6.07 Å². The lowest BCUT2D eigenvalue weighted by Gasteiger charge is -2.12. The molecule has 0 radical (unpaired) electrons. The van der Waals surface area contributed by atoms with Crippen molar-refractivity contribution >= 4 is 5.69 Å². The molecule has 0 aliphatic rings. The minimum absolute atomic E-state index is 0.231. The highest BCUT2D eigenvalue weighted by atomic mass is 19.4. The van der Waals surface area contributed by atoms with Crippen molar-refractivity contribution in [2.45, 2.75) is 12.7 Å². The fourth-order valence-electron chi connectivity index (χ4n) is 1.38. The van der Waals surface area contributed by atoms with Gasteiger partial charge in [0.15, 0.2) is 0 Å². The fraction of sp³-hybridized carbons (Fsp3) is 0.222. The molecule has 1 aromatic rings. The fourth-order valence-corrected chi connectivity index (χ4v) is 1.38. The van der Waals surface area contributed by atoms with Crippen molar-refractivity contribution in [1.82, 2.24) is 0 Å². The van der Waals surface area contributed by atoms with Crippen molar-refractivity contribution in [3.8, 4) is 6.07 Å². The van der Waals surface area contributed by atoms with Crippen LogP contribution in [0.25, 0.3) is 0 Å². The van der Waals surface area contributed by atoms with Crippen LogP contribution in [-0.4, -0.2) is 4.92 Å². The van der Waals surface area contributed by atoms with E-state index in [-0.39, 0.29) is 5.56 Å². The van der Waals surface area contributed by atoms with E-state index in [1.807, 2.05) is 0 Å². The molecule has 0 aromatic heterocycles. The van der Waals surface area contributed by atoms with Gasteiger partial charge in [0.25, 0.3) is 5.69 Å². The van der Waals surface area contributed by atoms with Gasteiger partial charge in [-0.15, -0.1) is 0 Å². The first-order valence-electron chi connectivity index (χ1n) is 4.30. The van der Waals surface area contributed by atoms with Crippen molar-refractivity contribution in [3.05, 3.63) is 38.9 Å². The maximum absolute atomic E-state index is 12.6. The first kappa shape index (κ1) is 12.9. The predicted molar refractivity (Wildman–Crippen MR) is 50.7 cm³/mol. The van der Waals surface area contributed by atoms with E-state index in [1.54, 1.807) is 6.07 Å². The summed E-state index contributed by atoms with van der Waals surface area (Å²) in [5, 5.41) is 19.1. The first-order valence-corrected chi connectivity index (χ1v) is 4.30. The topological polar surface area (TPSA) is 93.0 Å². The van der Waals surface area contributed by atoms with E-state index in [9.17, 15) is 23.3 Å². The number of halogens is 3. The molecule has 2 N–H and O–H groups in total. The third-order valence-corrected chi connectivity index (χ3v) is 2.03. The van der Waals surface area contributed by atoms with Gasteiger partial charge in [-0.2, -0.15) is 18.4 Å². The maximum Gasteiger partial charge on any atom is 0.423 e. The summed E-state index contributed by atoms with van der Waals surface area (Å²) in [5.74, 6) is 0. The first-order chi connectivity index (χ1) is 7.81. The predicted octanol–water partition coefficient (Wildman–Crippen LogP) is 1.94. The molecule has 0 saturated heterocycles. The van der Waals surface area contributed by atoms with Crippen LogP contribution >= 0.6 is 0 Å². The highest BCUT2D eigenvalue weighted by Gasteiger charge is 2.40. The highest BCUT2D eigenvalue weighted by molar-refractivity contribution is 5.53. The zero-order valence-electron chi connectivity index (χ0n) is 8.28. The Kier molecular flexibility index (Phi) is 3.34. The van der Waals surface area contributed by atoms with Crippen LogP contribution in [-0.2, 0) is 12.7 Å². The Balaban J connectivity index is 3.66. The van der Waals surface area contributed by atoms with Gasteiger partial charge in [-0.25, -0.2) is 0 Å². The molecule has 17 heavy (non-hydrogen) atoms. The summed E-state index contributed by atoms with van der Waals surface area (Å²) in [5.41, 5.74) is 1.85. The van der Waals surface area contributed by atoms with E-state index < -0.39 is 34.5 Å². The van der Waals surface area contributed by atoms with E-state index in [2.05, 4.69) is 0 Å². The standard InChI is InChI=1S/C9H6F3N3O2/c10-9(11,12)8-6(4-14)1-5(3-13)2-7(8)15(16)17/h1-2H,4,14H2. The van der Waals surface area contributed by atoms with E-state index in [4.69, 9.17) is 11.0 Å². The van der Waals surface area contributed by atoms with Crippen molar-refractivity contribution < 1.29 is 18.1 Å². The normalized spacial score (nSPS) is 11.0. The van der Waals surface area contributed by atoms with Gasteiger partial charge in [0.2, 0.25) is 0 Å². The summed E-state index contributed by atoms with van der Waals surface area (Å²) in [6.45, 7) is -0.537. The lowest BCUT2D eigenvalue weighted by atomic mass is 10.0. The number of nitrogens with zero attached hydrogens (tertiary/aromatic N) is 2. The van der Waals surface area contributed by atoms with Crippen LogP contribution < -0.4 is 5.73 Å². The number of rotatable bonds is 2. The molecular formula is C9H6F3N3O2. The quantitative estimate of drug-likeness (QED) is 0.636. The van der Waals surface area contributed by atoms with Crippen molar-refractivity contribution in [3.63, 3.8) is 0 Å². The molecular weight excluding hydrogens is 239 g/mol. The summed E-state index contributed by atoms with van der Waals surface area (Å²) < 4.78 is 37.9. The van der Waals surface area contributed by atoms with Crippen LogP contribution in [0.3, 0.4) is 0 Å². The number of nitro groups is 1. The lowest BCUT2D eigenvalue weighted by molar-refractivity contribution is -0.388. The Bertz CT molecular complexity index is 505. The highest BCUT2D eigenvalue weighted by Crippen LogP contribution is 2.39. The van der Waals surface area contributed by atoms with Crippen LogP contribution in [0.1, 0.15) is 16.7 Å². The Morgan fingerprint density at radius 1 is 1.47 bits per heavy atom. The third-order valence-electron chi connectivity index (χ3n) is 2.03. The Morgan fingerprint density at radius 2 is 2.06 bits per heavy atom. The third kappa shape index (κ3) is 2.51. The summed E-state index contributed by atoms with van der Waals surface area (Å²) in [4.78, 5) is 9.38.